The number of nitrogens with zero attached hydrogens (tertiary/aromatic N) is 1. The van der Waals surface area contributed by atoms with Crippen LogP contribution in [0.1, 0.15) is 60.5 Å². The molecule has 0 bridgehead atoms. The van der Waals surface area contributed by atoms with Crippen molar-refractivity contribution in [3.05, 3.63) is 46.5 Å². The minimum atomic E-state index is 0. The molecule has 2 aromatic rings. The van der Waals surface area contributed by atoms with Gasteiger partial charge < -0.3 is 46.2 Å². The molecule has 0 spiro atoms. The van der Waals surface area contributed by atoms with E-state index in [0.717, 1.165) is 55.4 Å². The predicted molar refractivity (Wildman–Crippen MR) is 167 cm³/mol. The third-order valence-corrected chi connectivity index (χ3v) is 8.64. The number of hydrogen-bond acceptors (Lipinski definition) is 6. The molecular formula is C29H50Cl2N2O8. The maximum absolute atomic E-state index is 5.68. The van der Waals surface area contributed by atoms with Crippen molar-refractivity contribution >= 4 is 24.8 Å². The van der Waals surface area contributed by atoms with Crippen molar-refractivity contribution in [1.82, 2.24) is 10.2 Å². The second kappa shape index (κ2) is 17.8. The van der Waals surface area contributed by atoms with Gasteiger partial charge in [0.05, 0.1) is 28.4 Å². The van der Waals surface area contributed by atoms with Crippen LogP contribution in [0.4, 0.5) is 0 Å². The number of hydrogen-bond donors (Lipinski definition) is 1. The molecule has 10 nitrogen and oxygen atoms in total. The number of methoxy groups -OCH3 is 4. The Hall–Kier alpha value is -2.02. The maximum Gasteiger partial charge on any atom is 0.161 e. The number of piperidine rings is 1. The summed E-state index contributed by atoms with van der Waals surface area (Å²) in [5.41, 5.74) is 5.60. The Kier molecular flexibility index (Phi) is 17.9. The van der Waals surface area contributed by atoms with Crippen molar-refractivity contribution in [1.29, 1.82) is 0 Å². The molecule has 238 valence electrons. The van der Waals surface area contributed by atoms with Crippen LogP contribution in [0.15, 0.2) is 24.3 Å². The fourth-order valence-corrected chi connectivity index (χ4v) is 6.74. The van der Waals surface area contributed by atoms with Gasteiger partial charge in [-0.05, 0) is 90.6 Å². The van der Waals surface area contributed by atoms with Crippen LogP contribution in [0, 0.1) is 11.8 Å². The molecule has 0 aromatic heterocycles. The van der Waals surface area contributed by atoms with Crippen LogP contribution in [0.3, 0.4) is 0 Å². The van der Waals surface area contributed by atoms with Crippen molar-refractivity contribution < 1.29 is 40.9 Å². The molecule has 0 radical (unpaired) electrons. The van der Waals surface area contributed by atoms with Gasteiger partial charge in [0.2, 0.25) is 0 Å². The molecule has 0 aliphatic carbocycles. The first-order chi connectivity index (χ1) is 17.1. The summed E-state index contributed by atoms with van der Waals surface area (Å²) in [6, 6.07) is 9.61. The quantitative estimate of drug-likeness (QED) is 0.494. The van der Waals surface area contributed by atoms with Crippen LogP contribution in [-0.4, -0.2) is 74.9 Å². The summed E-state index contributed by atoms with van der Waals surface area (Å²) in [6.45, 7) is 5.66. The number of halogens is 2. The highest BCUT2D eigenvalue weighted by Crippen LogP contribution is 2.48. The van der Waals surface area contributed by atoms with E-state index in [4.69, 9.17) is 18.9 Å². The smallest absolute Gasteiger partial charge is 0.161 e. The van der Waals surface area contributed by atoms with Crippen molar-refractivity contribution in [3.63, 3.8) is 0 Å². The Balaban J connectivity index is 0. The van der Waals surface area contributed by atoms with E-state index >= 15 is 0 Å². The summed E-state index contributed by atoms with van der Waals surface area (Å²) in [5.74, 6) is 4.69. The highest BCUT2D eigenvalue weighted by molar-refractivity contribution is 5.85. The van der Waals surface area contributed by atoms with Gasteiger partial charge in [-0.15, -0.1) is 24.8 Å². The minimum Gasteiger partial charge on any atom is -0.493 e. The summed E-state index contributed by atoms with van der Waals surface area (Å²) in [5, 5.41) is 3.83. The van der Waals surface area contributed by atoms with E-state index in [0.29, 0.717) is 23.9 Å². The first kappa shape index (κ1) is 41.1. The normalized spacial score (nSPS) is 22.0. The Morgan fingerprint density at radius 3 is 1.78 bits per heavy atom. The molecule has 41 heavy (non-hydrogen) atoms. The molecule has 3 heterocycles. The van der Waals surface area contributed by atoms with Crippen molar-refractivity contribution in [3.8, 4) is 23.0 Å². The fourth-order valence-electron chi connectivity index (χ4n) is 6.74. The van der Waals surface area contributed by atoms with Crippen LogP contribution >= 0.6 is 24.8 Å². The maximum atomic E-state index is 5.68. The van der Waals surface area contributed by atoms with Crippen molar-refractivity contribution in [2.75, 3.05) is 48.1 Å². The molecule has 12 heteroatoms. The molecule has 0 saturated carbocycles. The molecule has 3 aliphatic rings. The SMILES string of the molecule is CCC1CN2CCc3cc(OC)c(OC)cc3C2CC1CC1NCCc2cc(OC)c(OC)cc21.Cl.Cl.O.O.O.O. The van der Waals surface area contributed by atoms with E-state index in [1.807, 2.05) is 0 Å². The lowest BCUT2D eigenvalue weighted by Crippen LogP contribution is -2.46. The van der Waals surface area contributed by atoms with Crippen LogP contribution in [-0.2, 0) is 12.8 Å². The fraction of sp³-hybridized carbons (Fsp3) is 0.586. The summed E-state index contributed by atoms with van der Waals surface area (Å²) in [6.07, 6.45) is 5.65. The highest BCUT2D eigenvalue weighted by atomic mass is 35.5. The lowest BCUT2D eigenvalue weighted by Gasteiger charge is -2.48. The van der Waals surface area contributed by atoms with E-state index in [2.05, 4.69) is 41.4 Å². The number of rotatable bonds is 7. The Labute approximate surface area is 256 Å². The topological polar surface area (TPSA) is 178 Å². The monoisotopic (exact) mass is 624 g/mol. The zero-order valence-electron chi connectivity index (χ0n) is 24.7. The average molecular weight is 626 g/mol. The summed E-state index contributed by atoms with van der Waals surface area (Å²) in [7, 11) is 6.90. The lowest BCUT2D eigenvalue weighted by molar-refractivity contribution is 0.0434. The molecule has 0 amide bonds. The summed E-state index contributed by atoms with van der Waals surface area (Å²) < 4.78 is 22.5. The van der Waals surface area contributed by atoms with Crippen LogP contribution in [0.5, 0.6) is 23.0 Å². The Morgan fingerprint density at radius 1 is 0.732 bits per heavy atom. The summed E-state index contributed by atoms with van der Waals surface area (Å²) >= 11 is 0. The van der Waals surface area contributed by atoms with Gasteiger partial charge in [-0.1, -0.05) is 13.3 Å². The Bertz CT molecular complexity index is 1080. The Morgan fingerprint density at radius 2 is 1.24 bits per heavy atom. The van der Waals surface area contributed by atoms with Gasteiger partial charge in [0.25, 0.3) is 0 Å². The van der Waals surface area contributed by atoms with E-state index in [9.17, 15) is 0 Å². The molecule has 1 fully saturated rings. The largest absolute Gasteiger partial charge is 0.493 e. The number of fused-ring (bicyclic) bond motifs is 4. The standard InChI is InChI=1S/C29H40N2O4.2ClH.4H2O/c1-6-18-17-31-10-8-20-14-27(33-3)29(35-5)16-23(20)25(31)12-21(18)11-24-22-15-28(34-4)26(32-2)13-19(22)7-9-30-24;;;;;;/h13-16,18,21,24-25,30H,6-12,17H2,1-5H3;2*1H;4*1H2. The second-order valence-corrected chi connectivity index (χ2v) is 10.2. The second-order valence-electron chi connectivity index (χ2n) is 10.2. The van der Waals surface area contributed by atoms with Gasteiger partial charge in [-0.25, -0.2) is 0 Å². The number of nitrogens with one attached hydrogen (secondary N) is 1. The molecule has 9 N–H and O–H groups in total. The third kappa shape index (κ3) is 7.88. The van der Waals surface area contributed by atoms with Gasteiger partial charge >= 0.3 is 0 Å². The van der Waals surface area contributed by atoms with Crippen molar-refractivity contribution in [2.24, 2.45) is 11.8 Å². The molecule has 3 aliphatic heterocycles. The van der Waals surface area contributed by atoms with E-state index in [1.54, 1.807) is 28.4 Å². The highest BCUT2D eigenvalue weighted by Gasteiger charge is 2.40. The molecule has 2 aromatic carbocycles. The third-order valence-electron chi connectivity index (χ3n) is 8.64. The zero-order chi connectivity index (χ0) is 24.5. The summed E-state index contributed by atoms with van der Waals surface area (Å²) in [4.78, 5) is 2.72. The minimum absolute atomic E-state index is 0. The first-order valence-electron chi connectivity index (χ1n) is 13.1. The van der Waals surface area contributed by atoms with E-state index in [1.165, 1.54) is 41.6 Å². The van der Waals surface area contributed by atoms with Gasteiger partial charge in [0.1, 0.15) is 0 Å². The average Bonchev–Trinajstić information content (AvgIpc) is 2.91. The molecule has 4 unspecified atom stereocenters. The van der Waals surface area contributed by atoms with Gasteiger partial charge in [-0.2, -0.15) is 0 Å². The van der Waals surface area contributed by atoms with Crippen LogP contribution in [0.2, 0.25) is 0 Å². The van der Waals surface area contributed by atoms with Crippen molar-refractivity contribution in [2.45, 2.75) is 51.1 Å². The number of ether oxygens (including phenoxy) is 4. The molecule has 4 atom stereocenters. The van der Waals surface area contributed by atoms with Crippen LogP contribution < -0.4 is 24.3 Å². The molecule has 5 rings (SSSR count). The zero-order valence-corrected chi connectivity index (χ0v) is 26.3. The van der Waals surface area contributed by atoms with Gasteiger partial charge in [-0.3, -0.25) is 4.90 Å². The predicted octanol–water partition coefficient (Wildman–Crippen LogP) is 2.49. The van der Waals surface area contributed by atoms with E-state index < -0.39 is 0 Å². The number of benzene rings is 2. The molecule has 1 saturated heterocycles. The first-order valence-corrected chi connectivity index (χ1v) is 13.1. The van der Waals surface area contributed by atoms with E-state index in [-0.39, 0.29) is 46.7 Å². The van der Waals surface area contributed by atoms with Gasteiger partial charge in [0.15, 0.2) is 23.0 Å². The van der Waals surface area contributed by atoms with Gasteiger partial charge in [0, 0.05) is 25.2 Å². The molecular weight excluding hydrogens is 575 g/mol. The lowest BCUT2D eigenvalue weighted by atomic mass is 9.72. The van der Waals surface area contributed by atoms with Crippen LogP contribution in [0.25, 0.3) is 0 Å².